The zero-order valence-electron chi connectivity index (χ0n) is 13.2. The van der Waals surface area contributed by atoms with Crippen LogP contribution >= 0.6 is 0 Å². The second-order valence-electron chi connectivity index (χ2n) is 6.23. The summed E-state index contributed by atoms with van der Waals surface area (Å²) in [4.78, 5) is 12.4. The predicted molar refractivity (Wildman–Crippen MR) is 90.8 cm³/mol. The lowest BCUT2D eigenvalue weighted by Gasteiger charge is -2.22. The van der Waals surface area contributed by atoms with Crippen LogP contribution in [-0.2, 0) is 11.2 Å². The minimum absolute atomic E-state index is 0.245. The van der Waals surface area contributed by atoms with Gasteiger partial charge in [0, 0.05) is 18.9 Å². The normalized spacial score (nSPS) is 17.9. The summed E-state index contributed by atoms with van der Waals surface area (Å²) in [7, 11) is 0. The number of nitrogens with one attached hydrogen (secondary N) is 1. The van der Waals surface area contributed by atoms with Crippen LogP contribution in [0.4, 0.5) is 4.39 Å². The largest absolute Gasteiger partial charge is 0.314 e. The quantitative estimate of drug-likeness (QED) is 0.899. The highest BCUT2D eigenvalue weighted by atomic mass is 19.1. The fraction of sp³-hybridized carbons (Fsp3) is 0.350. The number of benzene rings is 2. The Kier molecular flexibility index (Phi) is 5.19. The van der Waals surface area contributed by atoms with E-state index in [1.807, 2.05) is 24.3 Å². The van der Waals surface area contributed by atoms with Crippen LogP contribution in [0.1, 0.15) is 31.2 Å². The molecule has 3 rings (SSSR count). The fourth-order valence-corrected chi connectivity index (χ4v) is 3.24. The van der Waals surface area contributed by atoms with Crippen molar-refractivity contribution in [3.05, 3.63) is 59.9 Å². The van der Waals surface area contributed by atoms with Gasteiger partial charge in [-0.1, -0.05) is 42.8 Å². The summed E-state index contributed by atoms with van der Waals surface area (Å²) in [5.41, 5.74) is 2.97. The zero-order valence-corrected chi connectivity index (χ0v) is 13.2. The van der Waals surface area contributed by atoms with Gasteiger partial charge < -0.3 is 5.32 Å². The van der Waals surface area contributed by atoms with E-state index in [-0.39, 0.29) is 11.6 Å². The second kappa shape index (κ2) is 7.51. The van der Waals surface area contributed by atoms with E-state index in [4.69, 9.17) is 0 Å². The number of halogens is 1. The van der Waals surface area contributed by atoms with Crippen LogP contribution < -0.4 is 5.32 Å². The molecule has 120 valence electrons. The molecule has 0 saturated carbocycles. The molecule has 1 saturated heterocycles. The average molecular weight is 311 g/mol. The van der Waals surface area contributed by atoms with Crippen molar-refractivity contribution in [2.24, 2.45) is 0 Å². The van der Waals surface area contributed by atoms with Crippen LogP contribution in [-0.4, -0.2) is 18.4 Å². The zero-order chi connectivity index (χ0) is 16.1. The lowest BCUT2D eigenvalue weighted by Crippen LogP contribution is -2.35. The van der Waals surface area contributed by atoms with E-state index in [1.54, 1.807) is 12.1 Å². The Morgan fingerprint density at radius 1 is 1.09 bits per heavy atom. The molecule has 0 amide bonds. The van der Waals surface area contributed by atoms with Crippen molar-refractivity contribution < 1.29 is 9.18 Å². The van der Waals surface area contributed by atoms with Gasteiger partial charge in [-0.3, -0.25) is 4.79 Å². The molecule has 0 spiro atoms. The molecular formula is C20H22FNO. The standard InChI is InChI=1S/C20H22FNO/c21-17-10-8-15(9-11-17)20-7-2-1-5-16(20)13-19(23)14-18-6-3-4-12-22-18/h1-2,5,7-11,18,22H,3-4,6,12-14H2. The van der Waals surface area contributed by atoms with E-state index >= 15 is 0 Å². The van der Waals surface area contributed by atoms with Gasteiger partial charge >= 0.3 is 0 Å². The lowest BCUT2D eigenvalue weighted by atomic mass is 9.93. The number of carbonyl (C=O) groups excluding carboxylic acids is 1. The highest BCUT2D eigenvalue weighted by Gasteiger charge is 2.17. The third-order valence-electron chi connectivity index (χ3n) is 4.45. The van der Waals surface area contributed by atoms with E-state index in [0.29, 0.717) is 18.9 Å². The Morgan fingerprint density at radius 3 is 2.61 bits per heavy atom. The van der Waals surface area contributed by atoms with Crippen LogP contribution in [0.3, 0.4) is 0 Å². The van der Waals surface area contributed by atoms with Gasteiger partial charge in [0.15, 0.2) is 0 Å². The van der Waals surface area contributed by atoms with Crippen molar-refractivity contribution >= 4 is 5.78 Å². The highest BCUT2D eigenvalue weighted by Crippen LogP contribution is 2.25. The van der Waals surface area contributed by atoms with E-state index < -0.39 is 0 Å². The van der Waals surface area contributed by atoms with Crippen molar-refractivity contribution in [1.29, 1.82) is 0 Å². The van der Waals surface area contributed by atoms with Crippen molar-refractivity contribution in [1.82, 2.24) is 5.32 Å². The van der Waals surface area contributed by atoms with E-state index in [9.17, 15) is 9.18 Å². The van der Waals surface area contributed by atoms with E-state index in [0.717, 1.165) is 29.7 Å². The second-order valence-corrected chi connectivity index (χ2v) is 6.23. The first-order chi connectivity index (χ1) is 11.2. The first kappa shape index (κ1) is 15.9. The number of rotatable bonds is 5. The van der Waals surface area contributed by atoms with Gasteiger partial charge in [0.25, 0.3) is 0 Å². The summed E-state index contributed by atoms with van der Waals surface area (Å²) in [5, 5.41) is 3.43. The smallest absolute Gasteiger partial charge is 0.138 e. The molecule has 23 heavy (non-hydrogen) atoms. The summed E-state index contributed by atoms with van der Waals surface area (Å²) < 4.78 is 13.1. The van der Waals surface area contributed by atoms with Crippen LogP contribution in [0.15, 0.2) is 48.5 Å². The molecule has 1 unspecified atom stereocenters. The maximum absolute atomic E-state index is 13.1. The Balaban J connectivity index is 1.72. The summed E-state index contributed by atoms with van der Waals surface area (Å²) in [6.07, 6.45) is 4.53. The lowest BCUT2D eigenvalue weighted by molar-refractivity contribution is -0.119. The van der Waals surface area contributed by atoms with E-state index in [2.05, 4.69) is 5.32 Å². The number of carbonyl (C=O) groups is 1. The average Bonchev–Trinajstić information content (AvgIpc) is 2.57. The predicted octanol–water partition coefficient (Wildman–Crippen LogP) is 4.14. The molecule has 1 fully saturated rings. The number of ketones is 1. The molecule has 1 aliphatic heterocycles. The summed E-state index contributed by atoms with van der Waals surface area (Å²) in [5.74, 6) is 0.0182. The first-order valence-corrected chi connectivity index (χ1v) is 8.31. The summed E-state index contributed by atoms with van der Waals surface area (Å²) in [6.45, 7) is 1.02. The molecular weight excluding hydrogens is 289 g/mol. The van der Waals surface area contributed by atoms with Gasteiger partial charge in [0.2, 0.25) is 0 Å². The minimum atomic E-state index is -0.245. The molecule has 0 aliphatic carbocycles. The molecule has 0 aromatic heterocycles. The monoisotopic (exact) mass is 311 g/mol. The highest BCUT2D eigenvalue weighted by molar-refractivity contribution is 5.84. The van der Waals surface area contributed by atoms with Crippen molar-refractivity contribution in [3.63, 3.8) is 0 Å². The van der Waals surface area contributed by atoms with Crippen LogP contribution in [0.2, 0.25) is 0 Å². The Bertz CT molecular complexity index is 660. The van der Waals surface area contributed by atoms with Gasteiger partial charge in [0.1, 0.15) is 11.6 Å². The molecule has 1 heterocycles. The van der Waals surface area contributed by atoms with Crippen LogP contribution in [0.25, 0.3) is 11.1 Å². The number of hydrogen-bond acceptors (Lipinski definition) is 2. The van der Waals surface area contributed by atoms with Gasteiger partial charge in [0.05, 0.1) is 0 Å². The molecule has 1 N–H and O–H groups in total. The molecule has 1 aliphatic rings. The molecule has 2 aromatic carbocycles. The Labute approximate surface area is 136 Å². The maximum atomic E-state index is 13.1. The molecule has 0 bridgehead atoms. The van der Waals surface area contributed by atoms with Gasteiger partial charge in [-0.2, -0.15) is 0 Å². The maximum Gasteiger partial charge on any atom is 0.138 e. The van der Waals surface area contributed by atoms with Crippen molar-refractivity contribution in [2.45, 2.75) is 38.1 Å². The number of Topliss-reactive ketones (excluding diaryl/α,β-unsaturated/α-hetero) is 1. The molecule has 0 radical (unpaired) electrons. The molecule has 2 nitrogen and oxygen atoms in total. The minimum Gasteiger partial charge on any atom is -0.314 e. The Hall–Kier alpha value is -2.00. The number of hydrogen-bond donors (Lipinski definition) is 1. The van der Waals surface area contributed by atoms with Crippen molar-refractivity contribution in [2.75, 3.05) is 6.54 Å². The molecule has 1 atom stereocenters. The first-order valence-electron chi connectivity index (χ1n) is 8.31. The fourth-order valence-electron chi connectivity index (χ4n) is 3.24. The third-order valence-corrected chi connectivity index (χ3v) is 4.45. The Morgan fingerprint density at radius 2 is 1.87 bits per heavy atom. The van der Waals surface area contributed by atoms with Crippen LogP contribution in [0, 0.1) is 5.82 Å². The van der Waals surface area contributed by atoms with Crippen LogP contribution in [0.5, 0.6) is 0 Å². The van der Waals surface area contributed by atoms with E-state index in [1.165, 1.54) is 25.0 Å². The topological polar surface area (TPSA) is 29.1 Å². The summed E-state index contributed by atoms with van der Waals surface area (Å²) in [6, 6.07) is 14.7. The third kappa shape index (κ3) is 4.26. The SMILES string of the molecule is O=C(Cc1ccccc1-c1ccc(F)cc1)CC1CCCCN1. The van der Waals surface area contributed by atoms with Gasteiger partial charge in [-0.15, -0.1) is 0 Å². The molecule has 3 heteroatoms. The van der Waals surface area contributed by atoms with Crippen molar-refractivity contribution in [3.8, 4) is 11.1 Å². The summed E-state index contributed by atoms with van der Waals surface area (Å²) >= 11 is 0. The van der Waals surface area contributed by atoms with Gasteiger partial charge in [-0.05, 0) is 48.2 Å². The molecule has 2 aromatic rings. The van der Waals surface area contributed by atoms with Gasteiger partial charge in [-0.25, -0.2) is 4.39 Å². The number of piperidine rings is 1.